The summed E-state index contributed by atoms with van der Waals surface area (Å²) in [6.45, 7) is 1.39. The van der Waals surface area contributed by atoms with Gasteiger partial charge < -0.3 is 15.2 Å². The number of benzene rings is 2. The van der Waals surface area contributed by atoms with Gasteiger partial charge in [0, 0.05) is 12.8 Å². The molecular formula is C23H25N3O5. The van der Waals surface area contributed by atoms with Crippen molar-refractivity contribution in [3.8, 4) is 5.75 Å². The zero-order valence-corrected chi connectivity index (χ0v) is 17.5. The van der Waals surface area contributed by atoms with Crippen LogP contribution in [0.15, 0.2) is 59.7 Å². The first-order chi connectivity index (χ1) is 14.9. The van der Waals surface area contributed by atoms with Crippen LogP contribution >= 0.6 is 0 Å². The van der Waals surface area contributed by atoms with Crippen LogP contribution in [0, 0.1) is 0 Å². The number of carbonyl (C=O) groups excluding carboxylic acids is 3. The number of nitrogens with zero attached hydrogens (tertiary/aromatic N) is 2. The van der Waals surface area contributed by atoms with E-state index in [1.807, 2.05) is 54.6 Å². The fourth-order valence-electron chi connectivity index (χ4n) is 3.27. The summed E-state index contributed by atoms with van der Waals surface area (Å²) in [5, 5.41) is 5.99. The molecular weight excluding hydrogens is 398 g/mol. The van der Waals surface area contributed by atoms with E-state index in [1.165, 1.54) is 11.9 Å². The number of amides is 2. The predicted octanol–water partition coefficient (Wildman–Crippen LogP) is 2.57. The minimum absolute atomic E-state index is 0.0947. The maximum atomic E-state index is 12.9. The lowest BCUT2D eigenvalue weighted by atomic mass is 9.98. The van der Waals surface area contributed by atoms with Crippen LogP contribution in [0.1, 0.15) is 43.4 Å². The molecule has 0 radical (unpaired) electrons. The molecule has 2 aromatic carbocycles. The number of nitrogens with two attached hydrogens (primary N) is 1. The van der Waals surface area contributed by atoms with E-state index in [4.69, 9.17) is 15.2 Å². The predicted molar refractivity (Wildman–Crippen MR) is 114 cm³/mol. The molecule has 0 spiro atoms. The lowest BCUT2D eigenvalue weighted by Crippen LogP contribution is -2.31. The zero-order chi connectivity index (χ0) is 22.4. The third-order valence-electron chi connectivity index (χ3n) is 5.03. The lowest BCUT2D eigenvalue weighted by molar-refractivity contribution is -0.155. The number of hydrogen-bond acceptors (Lipinski definition) is 6. The van der Waals surface area contributed by atoms with Gasteiger partial charge in [0.05, 0.1) is 25.3 Å². The van der Waals surface area contributed by atoms with Gasteiger partial charge >= 0.3 is 5.97 Å². The van der Waals surface area contributed by atoms with Gasteiger partial charge in [0.25, 0.3) is 5.91 Å². The summed E-state index contributed by atoms with van der Waals surface area (Å²) in [6.07, 6.45) is -0.754. The molecule has 0 bridgehead atoms. The van der Waals surface area contributed by atoms with E-state index >= 15 is 0 Å². The fraction of sp³-hybridized carbons (Fsp3) is 0.304. The van der Waals surface area contributed by atoms with Crippen molar-refractivity contribution in [2.75, 3.05) is 7.11 Å². The van der Waals surface area contributed by atoms with Gasteiger partial charge in [-0.2, -0.15) is 5.10 Å². The summed E-state index contributed by atoms with van der Waals surface area (Å²) in [5.41, 5.74) is 7.73. The van der Waals surface area contributed by atoms with Crippen molar-refractivity contribution in [2.24, 2.45) is 10.8 Å². The van der Waals surface area contributed by atoms with Crippen molar-refractivity contribution in [1.82, 2.24) is 5.01 Å². The first-order valence-corrected chi connectivity index (χ1v) is 9.96. The third kappa shape index (κ3) is 5.48. The van der Waals surface area contributed by atoms with Crippen LogP contribution < -0.4 is 10.5 Å². The minimum atomic E-state index is -1.04. The van der Waals surface area contributed by atoms with Crippen LogP contribution in [0.5, 0.6) is 5.75 Å². The largest absolute Gasteiger partial charge is 0.497 e. The van der Waals surface area contributed by atoms with E-state index in [2.05, 4.69) is 5.10 Å². The Bertz CT molecular complexity index is 972. The van der Waals surface area contributed by atoms with Gasteiger partial charge in [-0.3, -0.25) is 14.4 Å². The number of hydrogen-bond donors (Lipinski definition) is 1. The van der Waals surface area contributed by atoms with Crippen LogP contribution in [0.4, 0.5) is 0 Å². The maximum Gasteiger partial charge on any atom is 0.307 e. The molecule has 3 rings (SSSR count). The highest BCUT2D eigenvalue weighted by Gasteiger charge is 2.33. The third-order valence-corrected chi connectivity index (χ3v) is 5.03. The summed E-state index contributed by atoms with van der Waals surface area (Å²) < 4.78 is 10.1. The second kappa shape index (κ2) is 9.88. The van der Waals surface area contributed by atoms with Crippen LogP contribution in [0.2, 0.25) is 0 Å². The average molecular weight is 423 g/mol. The summed E-state index contributed by atoms with van der Waals surface area (Å²) in [7, 11) is 1.59. The average Bonchev–Trinajstić information content (AvgIpc) is 3.23. The Labute approximate surface area is 180 Å². The number of primary amides is 1. The highest BCUT2D eigenvalue weighted by atomic mass is 16.5. The Morgan fingerprint density at radius 3 is 2.39 bits per heavy atom. The number of methoxy groups -OCH3 is 1. The van der Waals surface area contributed by atoms with Crippen molar-refractivity contribution in [3.05, 3.63) is 65.7 Å². The second-order valence-electron chi connectivity index (χ2n) is 7.18. The van der Waals surface area contributed by atoms with Gasteiger partial charge in [-0.1, -0.05) is 42.5 Å². The number of hydrazone groups is 1. The highest BCUT2D eigenvalue weighted by Crippen LogP contribution is 2.34. The van der Waals surface area contributed by atoms with Gasteiger partial charge in [-0.25, -0.2) is 5.01 Å². The van der Waals surface area contributed by atoms with E-state index in [0.717, 1.165) is 22.6 Å². The molecule has 1 aliphatic rings. The Morgan fingerprint density at radius 2 is 1.77 bits per heavy atom. The molecule has 8 heteroatoms. The molecule has 2 atom stereocenters. The smallest absolute Gasteiger partial charge is 0.307 e. The van der Waals surface area contributed by atoms with Gasteiger partial charge in [0.15, 0.2) is 6.10 Å². The van der Waals surface area contributed by atoms with E-state index in [9.17, 15) is 14.4 Å². The van der Waals surface area contributed by atoms with E-state index in [1.54, 1.807) is 7.11 Å². The summed E-state index contributed by atoms with van der Waals surface area (Å²) >= 11 is 0. The Morgan fingerprint density at radius 1 is 1.10 bits per heavy atom. The molecule has 2 aromatic rings. The van der Waals surface area contributed by atoms with Crippen molar-refractivity contribution in [1.29, 1.82) is 0 Å². The van der Waals surface area contributed by atoms with Crippen molar-refractivity contribution >= 4 is 23.5 Å². The molecule has 0 saturated carbocycles. The molecule has 31 heavy (non-hydrogen) atoms. The molecule has 0 unspecified atom stereocenters. The topological polar surface area (TPSA) is 111 Å². The van der Waals surface area contributed by atoms with E-state index in [-0.39, 0.29) is 24.8 Å². The molecule has 2 N–H and O–H groups in total. The molecule has 0 aromatic heterocycles. The standard InChI is InChI=1S/C23H25N3O5/c1-15(23(24)29)31-22(28)13-12-21(27)26-20(17-8-10-18(30-2)11-9-17)14-19(25-26)16-6-4-3-5-7-16/h3-11,15,20H,12-14H2,1-2H3,(H2,24,29)/t15-,20+/m0/s1. The first-order valence-electron chi connectivity index (χ1n) is 9.96. The van der Waals surface area contributed by atoms with E-state index in [0.29, 0.717) is 6.42 Å². The van der Waals surface area contributed by atoms with Gasteiger partial charge in [-0.05, 0) is 30.2 Å². The zero-order valence-electron chi connectivity index (χ0n) is 17.5. The quantitative estimate of drug-likeness (QED) is 0.656. The van der Waals surface area contributed by atoms with Gasteiger partial charge in [-0.15, -0.1) is 0 Å². The Kier molecular flexibility index (Phi) is 7.02. The Hall–Kier alpha value is -3.68. The minimum Gasteiger partial charge on any atom is -0.497 e. The van der Waals surface area contributed by atoms with E-state index < -0.39 is 18.0 Å². The molecule has 8 nitrogen and oxygen atoms in total. The number of carbonyl (C=O) groups is 3. The molecule has 0 fully saturated rings. The number of esters is 1. The van der Waals surface area contributed by atoms with Crippen LogP contribution in [0.3, 0.4) is 0 Å². The van der Waals surface area contributed by atoms with Crippen molar-refractivity contribution < 1.29 is 23.9 Å². The Balaban J connectivity index is 1.76. The SMILES string of the molecule is COc1ccc([C@H]2CC(c3ccccc3)=NN2C(=O)CCC(=O)O[C@@H](C)C(N)=O)cc1. The second-order valence-corrected chi connectivity index (χ2v) is 7.18. The molecule has 2 amide bonds. The monoisotopic (exact) mass is 423 g/mol. The number of rotatable bonds is 8. The summed E-state index contributed by atoms with van der Waals surface area (Å²) in [4.78, 5) is 35.9. The van der Waals surface area contributed by atoms with Gasteiger partial charge in [0.1, 0.15) is 5.75 Å². The molecule has 1 aliphatic heterocycles. The molecule has 162 valence electrons. The lowest BCUT2D eigenvalue weighted by Gasteiger charge is -2.22. The van der Waals surface area contributed by atoms with Crippen molar-refractivity contribution in [2.45, 2.75) is 38.3 Å². The van der Waals surface area contributed by atoms with Gasteiger partial charge in [0.2, 0.25) is 5.91 Å². The molecule has 0 aliphatic carbocycles. The number of ether oxygens (including phenoxy) is 2. The molecule has 1 heterocycles. The maximum absolute atomic E-state index is 12.9. The van der Waals surface area contributed by atoms with Crippen LogP contribution in [-0.2, 0) is 19.1 Å². The van der Waals surface area contributed by atoms with Crippen molar-refractivity contribution in [3.63, 3.8) is 0 Å². The molecule has 0 saturated heterocycles. The van der Waals surface area contributed by atoms with Crippen LogP contribution in [-0.4, -0.2) is 41.7 Å². The first kappa shape index (κ1) is 22.0. The van der Waals surface area contributed by atoms with Crippen LogP contribution in [0.25, 0.3) is 0 Å². The highest BCUT2D eigenvalue weighted by molar-refractivity contribution is 6.03. The normalized spacial score (nSPS) is 16.4. The fourth-order valence-corrected chi connectivity index (χ4v) is 3.27. The summed E-state index contributed by atoms with van der Waals surface area (Å²) in [6, 6.07) is 16.8. The summed E-state index contributed by atoms with van der Waals surface area (Å²) in [5.74, 6) is -0.992.